The second-order valence-corrected chi connectivity index (χ2v) is 9.25. The van der Waals surface area contributed by atoms with Crippen LogP contribution < -0.4 is 15.4 Å². The quantitative estimate of drug-likeness (QED) is 0.586. The highest BCUT2D eigenvalue weighted by atomic mass is 35.5. The van der Waals surface area contributed by atoms with E-state index >= 15 is 0 Å². The standard InChI is InChI=1S/C21H23ClN4O3S/c1-14(2)26(13-15-7-5-4-6-8-15)21-24-12-19(20(23)25-21)30(27,28)18-11-16(22)9-10-17(18)29-3/h4-12,14H,13H2,1-3H3,(H2,23,24,25). The van der Waals surface area contributed by atoms with E-state index in [0.29, 0.717) is 12.5 Å². The van der Waals surface area contributed by atoms with E-state index in [1.807, 2.05) is 49.1 Å². The lowest BCUT2D eigenvalue weighted by atomic mass is 10.2. The molecule has 3 rings (SSSR count). The molecule has 0 atom stereocenters. The van der Waals surface area contributed by atoms with E-state index in [0.717, 1.165) is 5.56 Å². The number of aromatic nitrogens is 2. The van der Waals surface area contributed by atoms with Gasteiger partial charge in [0.1, 0.15) is 21.4 Å². The van der Waals surface area contributed by atoms with Gasteiger partial charge in [-0.3, -0.25) is 0 Å². The van der Waals surface area contributed by atoms with E-state index in [4.69, 9.17) is 22.1 Å². The topological polar surface area (TPSA) is 98.4 Å². The maximum absolute atomic E-state index is 13.2. The lowest BCUT2D eigenvalue weighted by Crippen LogP contribution is -2.32. The number of hydrogen-bond acceptors (Lipinski definition) is 7. The highest BCUT2D eigenvalue weighted by molar-refractivity contribution is 7.91. The fraction of sp³-hybridized carbons (Fsp3) is 0.238. The Morgan fingerprint density at radius 1 is 1.13 bits per heavy atom. The smallest absolute Gasteiger partial charge is 0.227 e. The molecule has 1 heterocycles. The van der Waals surface area contributed by atoms with Crippen molar-refractivity contribution in [2.45, 2.75) is 36.2 Å². The second-order valence-electron chi connectivity index (χ2n) is 6.93. The van der Waals surface area contributed by atoms with Crippen LogP contribution in [-0.4, -0.2) is 31.5 Å². The first-order valence-electron chi connectivity index (χ1n) is 9.25. The molecule has 0 unspecified atom stereocenters. The van der Waals surface area contributed by atoms with Gasteiger partial charge < -0.3 is 15.4 Å². The summed E-state index contributed by atoms with van der Waals surface area (Å²) in [5, 5.41) is 0.263. The van der Waals surface area contributed by atoms with Gasteiger partial charge in [-0.25, -0.2) is 13.4 Å². The summed E-state index contributed by atoms with van der Waals surface area (Å²) in [6.07, 6.45) is 1.23. The number of halogens is 1. The number of nitrogens with zero attached hydrogens (tertiary/aromatic N) is 3. The minimum atomic E-state index is -4.03. The molecule has 0 bridgehead atoms. The summed E-state index contributed by atoms with van der Waals surface area (Å²) in [5.41, 5.74) is 7.15. The molecule has 2 N–H and O–H groups in total. The third kappa shape index (κ3) is 4.49. The van der Waals surface area contributed by atoms with E-state index in [2.05, 4.69) is 9.97 Å². The second kappa shape index (κ2) is 8.89. The largest absolute Gasteiger partial charge is 0.495 e. The molecule has 9 heteroatoms. The molecular weight excluding hydrogens is 424 g/mol. The molecule has 0 aliphatic rings. The van der Waals surface area contributed by atoms with Crippen LogP contribution in [0.25, 0.3) is 0 Å². The van der Waals surface area contributed by atoms with E-state index in [-0.39, 0.29) is 32.4 Å². The van der Waals surface area contributed by atoms with Crippen molar-refractivity contribution in [1.29, 1.82) is 0 Å². The molecule has 1 aromatic heterocycles. The third-order valence-electron chi connectivity index (χ3n) is 4.55. The first kappa shape index (κ1) is 21.9. The van der Waals surface area contributed by atoms with Gasteiger partial charge in [-0.05, 0) is 37.6 Å². The van der Waals surface area contributed by atoms with Crippen molar-refractivity contribution < 1.29 is 13.2 Å². The highest BCUT2D eigenvalue weighted by Gasteiger charge is 2.27. The van der Waals surface area contributed by atoms with Gasteiger partial charge in [-0.2, -0.15) is 4.98 Å². The normalized spacial score (nSPS) is 11.5. The van der Waals surface area contributed by atoms with Gasteiger partial charge in [0.05, 0.1) is 13.3 Å². The number of benzene rings is 2. The maximum Gasteiger partial charge on any atom is 0.227 e. The third-order valence-corrected chi connectivity index (χ3v) is 6.58. The molecule has 0 saturated carbocycles. The molecule has 0 amide bonds. The average molecular weight is 447 g/mol. The molecule has 0 radical (unpaired) electrons. The van der Waals surface area contributed by atoms with Crippen molar-refractivity contribution in [2.75, 3.05) is 17.7 Å². The van der Waals surface area contributed by atoms with Crippen LogP contribution in [0.15, 0.2) is 64.5 Å². The van der Waals surface area contributed by atoms with Crippen LogP contribution >= 0.6 is 11.6 Å². The first-order chi connectivity index (χ1) is 14.2. The summed E-state index contributed by atoms with van der Waals surface area (Å²) < 4.78 is 31.5. The van der Waals surface area contributed by atoms with Crippen LogP contribution in [-0.2, 0) is 16.4 Å². The van der Waals surface area contributed by atoms with Gasteiger partial charge in [0, 0.05) is 17.6 Å². The zero-order chi connectivity index (χ0) is 21.9. The lowest BCUT2D eigenvalue weighted by molar-refractivity contribution is 0.402. The molecule has 0 aliphatic heterocycles. The SMILES string of the molecule is COc1ccc(Cl)cc1S(=O)(=O)c1cnc(N(Cc2ccccc2)C(C)C)nc1N. The average Bonchev–Trinajstić information content (AvgIpc) is 2.72. The summed E-state index contributed by atoms with van der Waals surface area (Å²) in [7, 11) is -2.65. The van der Waals surface area contributed by atoms with Crippen molar-refractivity contribution in [3.05, 3.63) is 65.3 Å². The number of sulfone groups is 1. The summed E-state index contributed by atoms with van der Waals surface area (Å²) in [6.45, 7) is 4.57. The highest BCUT2D eigenvalue weighted by Crippen LogP contribution is 2.33. The van der Waals surface area contributed by atoms with E-state index in [9.17, 15) is 8.42 Å². The van der Waals surface area contributed by atoms with Crippen molar-refractivity contribution in [2.24, 2.45) is 0 Å². The van der Waals surface area contributed by atoms with Crippen molar-refractivity contribution >= 4 is 33.2 Å². The number of methoxy groups -OCH3 is 1. The molecule has 0 fully saturated rings. The van der Waals surface area contributed by atoms with E-state index in [1.165, 1.54) is 25.4 Å². The molecule has 0 spiro atoms. The number of ether oxygens (including phenoxy) is 1. The summed E-state index contributed by atoms with van der Waals surface area (Å²) >= 11 is 6.00. The predicted molar refractivity (Wildman–Crippen MR) is 118 cm³/mol. The fourth-order valence-electron chi connectivity index (χ4n) is 2.96. The Labute approximate surface area is 181 Å². The summed E-state index contributed by atoms with van der Waals surface area (Å²) in [4.78, 5) is 10.3. The van der Waals surface area contributed by atoms with Crippen LogP contribution in [0, 0.1) is 0 Å². The number of anilines is 2. The van der Waals surface area contributed by atoms with Gasteiger partial charge >= 0.3 is 0 Å². The predicted octanol–water partition coefficient (Wildman–Crippen LogP) is 3.97. The number of rotatable bonds is 7. The van der Waals surface area contributed by atoms with Gasteiger partial charge in [-0.1, -0.05) is 41.9 Å². The number of nitrogens with two attached hydrogens (primary N) is 1. The monoisotopic (exact) mass is 446 g/mol. The van der Waals surface area contributed by atoms with Crippen LogP contribution in [0.4, 0.5) is 11.8 Å². The Balaban J connectivity index is 2.01. The molecule has 3 aromatic rings. The Morgan fingerprint density at radius 3 is 2.43 bits per heavy atom. The summed E-state index contributed by atoms with van der Waals surface area (Å²) in [5.74, 6) is 0.375. The van der Waals surface area contributed by atoms with Crippen molar-refractivity contribution in [3.8, 4) is 5.75 Å². The van der Waals surface area contributed by atoms with Gasteiger partial charge in [0.15, 0.2) is 0 Å². The summed E-state index contributed by atoms with van der Waals surface area (Å²) in [6, 6.07) is 14.3. The minimum absolute atomic E-state index is 0.0695. The molecule has 7 nitrogen and oxygen atoms in total. The van der Waals surface area contributed by atoms with Crippen LogP contribution in [0.1, 0.15) is 19.4 Å². The lowest BCUT2D eigenvalue weighted by Gasteiger charge is -2.27. The molecule has 2 aromatic carbocycles. The van der Waals surface area contributed by atoms with Crippen molar-refractivity contribution in [3.63, 3.8) is 0 Å². The van der Waals surface area contributed by atoms with Gasteiger partial charge in [0.2, 0.25) is 15.8 Å². The zero-order valence-electron chi connectivity index (χ0n) is 16.9. The first-order valence-corrected chi connectivity index (χ1v) is 11.1. The molecule has 30 heavy (non-hydrogen) atoms. The minimum Gasteiger partial charge on any atom is -0.495 e. The number of hydrogen-bond donors (Lipinski definition) is 1. The number of nitrogen functional groups attached to an aromatic ring is 1. The fourth-order valence-corrected chi connectivity index (χ4v) is 4.65. The van der Waals surface area contributed by atoms with Crippen molar-refractivity contribution in [1.82, 2.24) is 9.97 Å². The maximum atomic E-state index is 13.2. The van der Waals surface area contributed by atoms with E-state index < -0.39 is 9.84 Å². The van der Waals surface area contributed by atoms with Crippen LogP contribution in [0.3, 0.4) is 0 Å². The Kier molecular flexibility index (Phi) is 6.48. The Morgan fingerprint density at radius 2 is 1.83 bits per heavy atom. The van der Waals surface area contributed by atoms with Crippen LogP contribution in [0.5, 0.6) is 5.75 Å². The zero-order valence-corrected chi connectivity index (χ0v) is 18.5. The molecule has 0 saturated heterocycles. The Bertz CT molecular complexity index is 1140. The van der Waals surface area contributed by atoms with Gasteiger partial charge in [-0.15, -0.1) is 0 Å². The van der Waals surface area contributed by atoms with E-state index in [1.54, 1.807) is 6.07 Å². The van der Waals surface area contributed by atoms with Crippen LogP contribution in [0.2, 0.25) is 5.02 Å². The molecular formula is C21H23ClN4O3S. The van der Waals surface area contributed by atoms with Gasteiger partial charge in [0.25, 0.3) is 0 Å². The molecule has 0 aliphatic carbocycles. The Hall–Kier alpha value is -2.84. The molecule has 158 valence electrons.